The first-order chi connectivity index (χ1) is 6.87. The number of nitrogens with zero attached hydrogens (tertiary/aromatic N) is 2. The summed E-state index contributed by atoms with van der Waals surface area (Å²) in [5, 5.41) is 7.61. The topological polar surface area (TPSA) is 29.9 Å². The lowest BCUT2D eigenvalue weighted by Gasteiger charge is -2.19. The number of rotatable bonds is 3. The van der Waals surface area contributed by atoms with Crippen molar-refractivity contribution in [3.05, 3.63) is 15.9 Å². The van der Waals surface area contributed by atoms with Crippen LogP contribution in [0.2, 0.25) is 0 Å². The molecule has 0 fully saturated rings. The highest BCUT2D eigenvalue weighted by Crippen LogP contribution is 2.20. The van der Waals surface area contributed by atoms with Gasteiger partial charge in [-0.1, -0.05) is 5.92 Å². The average Bonchev–Trinajstić information content (AvgIpc) is 2.39. The number of hydrogen-bond donors (Lipinski definition) is 1. The molecule has 0 saturated carbocycles. The summed E-state index contributed by atoms with van der Waals surface area (Å²) >= 11 is 3.52. The second-order valence-corrected chi connectivity index (χ2v) is 4.89. The van der Waals surface area contributed by atoms with Gasteiger partial charge in [-0.2, -0.15) is 5.10 Å². The number of terminal acetylenes is 1. The van der Waals surface area contributed by atoms with Crippen LogP contribution in [0.1, 0.15) is 25.2 Å². The Labute approximate surface area is 99.4 Å². The van der Waals surface area contributed by atoms with Gasteiger partial charge in [0.2, 0.25) is 0 Å². The summed E-state index contributed by atoms with van der Waals surface area (Å²) in [7, 11) is 1.93. The lowest BCUT2D eigenvalue weighted by molar-refractivity contribution is 0.476. The highest BCUT2D eigenvalue weighted by Gasteiger charge is 2.16. The van der Waals surface area contributed by atoms with Gasteiger partial charge in [0.05, 0.1) is 21.4 Å². The molecule has 0 radical (unpaired) electrons. The van der Waals surface area contributed by atoms with Gasteiger partial charge in [0.25, 0.3) is 0 Å². The van der Waals surface area contributed by atoms with E-state index in [0.29, 0.717) is 6.54 Å². The van der Waals surface area contributed by atoms with E-state index < -0.39 is 0 Å². The van der Waals surface area contributed by atoms with Gasteiger partial charge in [-0.05, 0) is 36.7 Å². The lowest BCUT2D eigenvalue weighted by atomic mass is 10.1. The number of aryl methyl sites for hydroxylation is 2. The summed E-state index contributed by atoms with van der Waals surface area (Å²) < 4.78 is 2.91. The van der Waals surface area contributed by atoms with Crippen molar-refractivity contribution in [3.63, 3.8) is 0 Å². The third kappa shape index (κ3) is 2.83. The van der Waals surface area contributed by atoms with Crippen molar-refractivity contribution in [1.29, 1.82) is 0 Å². The molecular formula is C11H16BrN3. The number of hydrogen-bond acceptors (Lipinski definition) is 2. The van der Waals surface area contributed by atoms with Crippen LogP contribution in [0.15, 0.2) is 4.47 Å². The molecule has 1 rings (SSSR count). The largest absolute Gasteiger partial charge is 0.296 e. The van der Waals surface area contributed by atoms with E-state index in [1.54, 1.807) is 0 Å². The van der Waals surface area contributed by atoms with E-state index in [2.05, 4.69) is 32.3 Å². The first kappa shape index (κ1) is 12.3. The zero-order chi connectivity index (χ0) is 11.6. The molecule has 4 heteroatoms. The van der Waals surface area contributed by atoms with E-state index in [0.717, 1.165) is 15.9 Å². The summed E-state index contributed by atoms with van der Waals surface area (Å²) in [5.74, 6) is 2.70. The van der Waals surface area contributed by atoms with E-state index in [4.69, 9.17) is 6.42 Å². The van der Waals surface area contributed by atoms with Crippen LogP contribution in [0.3, 0.4) is 0 Å². The maximum atomic E-state index is 5.41. The van der Waals surface area contributed by atoms with Crippen LogP contribution in [-0.2, 0) is 13.6 Å². The van der Waals surface area contributed by atoms with Crippen molar-refractivity contribution in [1.82, 2.24) is 15.1 Å². The van der Waals surface area contributed by atoms with Gasteiger partial charge in [0.1, 0.15) is 0 Å². The van der Waals surface area contributed by atoms with Crippen molar-refractivity contribution in [2.24, 2.45) is 7.05 Å². The maximum absolute atomic E-state index is 5.41. The molecule has 1 heterocycles. The zero-order valence-electron chi connectivity index (χ0n) is 9.56. The normalized spacial score (nSPS) is 11.5. The van der Waals surface area contributed by atoms with Crippen LogP contribution < -0.4 is 5.32 Å². The molecule has 1 N–H and O–H groups in total. The van der Waals surface area contributed by atoms with Crippen LogP contribution in [0.4, 0.5) is 0 Å². The Hall–Kier alpha value is -0.790. The highest BCUT2D eigenvalue weighted by atomic mass is 79.9. The summed E-state index contributed by atoms with van der Waals surface area (Å²) in [6.07, 6.45) is 5.41. The lowest BCUT2D eigenvalue weighted by Crippen LogP contribution is -2.37. The standard InChI is InChI=1S/C11H16BrN3/c1-6-11(3,4)13-7-9-10(12)8(2)14-15(9)5/h1,13H,7H2,2-5H3. The molecule has 0 unspecified atom stereocenters. The Balaban J connectivity index is 2.79. The molecule has 0 spiro atoms. The average molecular weight is 270 g/mol. The number of halogens is 1. The van der Waals surface area contributed by atoms with Gasteiger partial charge in [0.15, 0.2) is 0 Å². The highest BCUT2D eigenvalue weighted by molar-refractivity contribution is 9.10. The molecule has 0 aliphatic carbocycles. The fourth-order valence-electron chi connectivity index (χ4n) is 1.23. The number of aromatic nitrogens is 2. The van der Waals surface area contributed by atoms with Gasteiger partial charge in [0, 0.05) is 13.6 Å². The second-order valence-electron chi connectivity index (χ2n) is 4.09. The molecule has 0 aliphatic rings. The summed E-state index contributed by atoms with van der Waals surface area (Å²) in [4.78, 5) is 0. The van der Waals surface area contributed by atoms with E-state index in [9.17, 15) is 0 Å². The predicted octanol–water partition coefficient (Wildman–Crippen LogP) is 1.99. The Kier molecular flexibility index (Phi) is 3.58. The van der Waals surface area contributed by atoms with Crippen molar-refractivity contribution in [2.45, 2.75) is 32.9 Å². The Bertz CT molecular complexity index is 399. The predicted molar refractivity (Wildman–Crippen MR) is 65.4 cm³/mol. The first-order valence-electron chi connectivity index (χ1n) is 4.78. The minimum Gasteiger partial charge on any atom is -0.296 e. The van der Waals surface area contributed by atoms with E-state index in [1.807, 2.05) is 32.5 Å². The molecule has 0 aromatic carbocycles. The summed E-state index contributed by atoms with van der Waals surface area (Å²) in [6, 6.07) is 0. The molecule has 15 heavy (non-hydrogen) atoms. The fraction of sp³-hybridized carbons (Fsp3) is 0.545. The van der Waals surface area contributed by atoms with Crippen molar-refractivity contribution >= 4 is 15.9 Å². The Morgan fingerprint density at radius 3 is 2.60 bits per heavy atom. The van der Waals surface area contributed by atoms with E-state index in [-0.39, 0.29) is 5.54 Å². The smallest absolute Gasteiger partial charge is 0.0744 e. The van der Waals surface area contributed by atoms with Crippen molar-refractivity contribution < 1.29 is 0 Å². The van der Waals surface area contributed by atoms with Crippen LogP contribution in [-0.4, -0.2) is 15.3 Å². The molecule has 82 valence electrons. The zero-order valence-corrected chi connectivity index (χ0v) is 11.1. The minimum absolute atomic E-state index is 0.294. The van der Waals surface area contributed by atoms with Crippen LogP contribution in [0, 0.1) is 19.3 Å². The third-order valence-electron chi connectivity index (χ3n) is 2.32. The molecule has 0 bridgehead atoms. The van der Waals surface area contributed by atoms with E-state index >= 15 is 0 Å². The SMILES string of the molecule is C#CC(C)(C)NCc1c(Br)c(C)nn1C. The van der Waals surface area contributed by atoms with Crippen molar-refractivity contribution in [3.8, 4) is 12.3 Å². The summed E-state index contributed by atoms with van der Waals surface area (Å²) in [5.41, 5.74) is 1.81. The molecule has 0 saturated heterocycles. The monoisotopic (exact) mass is 269 g/mol. The molecule has 3 nitrogen and oxygen atoms in total. The Morgan fingerprint density at radius 2 is 2.20 bits per heavy atom. The minimum atomic E-state index is -0.294. The second kappa shape index (κ2) is 4.38. The molecular weight excluding hydrogens is 254 g/mol. The molecule has 0 atom stereocenters. The quantitative estimate of drug-likeness (QED) is 0.851. The first-order valence-corrected chi connectivity index (χ1v) is 5.57. The maximum Gasteiger partial charge on any atom is 0.0744 e. The van der Waals surface area contributed by atoms with Gasteiger partial charge < -0.3 is 0 Å². The molecule has 1 aromatic heterocycles. The van der Waals surface area contributed by atoms with Crippen LogP contribution >= 0.6 is 15.9 Å². The van der Waals surface area contributed by atoms with Crippen LogP contribution in [0.5, 0.6) is 0 Å². The fourth-order valence-corrected chi connectivity index (χ4v) is 1.70. The number of nitrogens with one attached hydrogen (secondary N) is 1. The molecule has 0 aliphatic heterocycles. The van der Waals surface area contributed by atoms with Gasteiger partial charge in [-0.25, -0.2) is 0 Å². The summed E-state index contributed by atoms with van der Waals surface area (Å²) in [6.45, 7) is 6.63. The third-order valence-corrected chi connectivity index (χ3v) is 3.35. The Morgan fingerprint density at radius 1 is 1.60 bits per heavy atom. The molecule has 0 amide bonds. The van der Waals surface area contributed by atoms with Crippen molar-refractivity contribution in [2.75, 3.05) is 0 Å². The van der Waals surface area contributed by atoms with Crippen LogP contribution in [0.25, 0.3) is 0 Å². The van der Waals surface area contributed by atoms with Gasteiger partial charge >= 0.3 is 0 Å². The van der Waals surface area contributed by atoms with E-state index in [1.165, 1.54) is 0 Å². The van der Waals surface area contributed by atoms with Gasteiger partial charge in [-0.3, -0.25) is 10.00 Å². The molecule has 1 aromatic rings. The van der Waals surface area contributed by atoms with Gasteiger partial charge in [-0.15, -0.1) is 6.42 Å².